The van der Waals surface area contributed by atoms with Gasteiger partial charge in [0.2, 0.25) is 0 Å². The molecule has 1 aliphatic heterocycles. The number of amides is 2. The number of rotatable bonds is 5. The first kappa shape index (κ1) is 15.1. The summed E-state index contributed by atoms with van der Waals surface area (Å²) >= 11 is 0. The second-order valence-corrected chi connectivity index (χ2v) is 5.25. The van der Waals surface area contributed by atoms with E-state index in [-0.39, 0.29) is 5.78 Å². The molecule has 5 nitrogen and oxygen atoms in total. The van der Waals surface area contributed by atoms with Gasteiger partial charge in [-0.05, 0) is 33.2 Å². The molecule has 0 saturated carbocycles. The number of nitrogens with zero attached hydrogens (tertiary/aromatic N) is 2. The number of benzene rings is 1. The molecule has 0 fully saturated rings. The Morgan fingerprint density at radius 1 is 1.19 bits per heavy atom. The van der Waals surface area contributed by atoms with Crippen LogP contribution in [-0.2, 0) is 4.79 Å². The zero-order valence-corrected chi connectivity index (χ0v) is 12.4. The van der Waals surface area contributed by atoms with Gasteiger partial charge in [0.1, 0.15) is 6.04 Å². The Bertz CT molecular complexity index is 587. The van der Waals surface area contributed by atoms with Gasteiger partial charge in [0.25, 0.3) is 11.8 Å². The molecular formula is C16H18N2O3. The first-order valence-electron chi connectivity index (χ1n) is 6.69. The van der Waals surface area contributed by atoms with Crippen molar-refractivity contribution >= 4 is 17.6 Å². The van der Waals surface area contributed by atoms with Crippen LogP contribution in [-0.4, -0.2) is 53.6 Å². The number of Topliss-reactive ketones (excluding diaryl/α,β-unsaturated/α-hetero) is 1. The summed E-state index contributed by atoms with van der Waals surface area (Å²) in [6.07, 6.45) is 1.35. The molecule has 0 N–H and O–H groups in total. The lowest BCUT2D eigenvalue weighted by Crippen LogP contribution is -2.49. The molecule has 21 heavy (non-hydrogen) atoms. The summed E-state index contributed by atoms with van der Waals surface area (Å²) in [5.74, 6) is -1.12. The summed E-state index contributed by atoms with van der Waals surface area (Å²) in [6, 6.07) is 5.21. The second-order valence-electron chi connectivity index (χ2n) is 5.25. The molecule has 0 aliphatic carbocycles. The van der Waals surface area contributed by atoms with E-state index in [2.05, 4.69) is 6.58 Å². The number of ketones is 1. The summed E-state index contributed by atoms with van der Waals surface area (Å²) < 4.78 is 0. The average Bonchev–Trinajstić information content (AvgIpc) is 2.72. The Morgan fingerprint density at radius 2 is 1.67 bits per heavy atom. The maximum atomic E-state index is 12.5. The molecule has 0 aromatic heterocycles. The smallest absolute Gasteiger partial charge is 0.262 e. The summed E-state index contributed by atoms with van der Waals surface area (Å²) in [7, 11) is 3.54. The Hall–Kier alpha value is -2.27. The number of fused-ring (bicyclic) bond motifs is 1. The van der Waals surface area contributed by atoms with Crippen molar-refractivity contribution in [3.63, 3.8) is 0 Å². The van der Waals surface area contributed by atoms with Crippen molar-refractivity contribution in [2.75, 3.05) is 14.1 Å². The lowest BCUT2D eigenvalue weighted by molar-refractivity contribution is -0.125. The van der Waals surface area contributed by atoms with Crippen molar-refractivity contribution in [2.45, 2.75) is 19.0 Å². The lowest BCUT2D eigenvalue weighted by Gasteiger charge is -2.27. The molecule has 1 aromatic carbocycles. The van der Waals surface area contributed by atoms with Gasteiger partial charge in [0.15, 0.2) is 5.78 Å². The molecule has 2 unspecified atom stereocenters. The van der Waals surface area contributed by atoms with E-state index in [0.29, 0.717) is 11.1 Å². The molecular weight excluding hydrogens is 268 g/mol. The summed E-state index contributed by atoms with van der Waals surface area (Å²) in [6.45, 7) is 5.35. The van der Waals surface area contributed by atoms with Crippen molar-refractivity contribution in [3.8, 4) is 0 Å². The Balaban J connectivity index is 2.38. The third-order valence-electron chi connectivity index (χ3n) is 3.80. The Morgan fingerprint density at radius 3 is 2.05 bits per heavy atom. The zero-order valence-electron chi connectivity index (χ0n) is 12.4. The minimum Gasteiger partial charge on any atom is -0.300 e. The van der Waals surface area contributed by atoms with E-state index in [1.807, 2.05) is 0 Å². The van der Waals surface area contributed by atoms with Crippen LogP contribution >= 0.6 is 0 Å². The molecule has 0 saturated heterocycles. The number of carbonyl (C=O) groups excluding carboxylic acids is 3. The molecule has 1 aromatic rings. The van der Waals surface area contributed by atoms with Crippen LogP contribution in [0.2, 0.25) is 0 Å². The standard InChI is InChI=1S/C16H18N2O3/c1-5-13(14(19)10(2)17(3)4)18-15(20)11-8-6-7-9-12(11)16(18)21/h5-10,13H,1H2,2-4H3. The molecule has 0 spiro atoms. The van der Waals surface area contributed by atoms with E-state index < -0.39 is 23.9 Å². The maximum Gasteiger partial charge on any atom is 0.262 e. The molecule has 1 aliphatic rings. The minimum absolute atomic E-state index is 0.232. The average molecular weight is 286 g/mol. The van der Waals surface area contributed by atoms with Crippen LogP contribution in [0, 0.1) is 0 Å². The van der Waals surface area contributed by atoms with E-state index in [4.69, 9.17) is 0 Å². The van der Waals surface area contributed by atoms with Gasteiger partial charge >= 0.3 is 0 Å². The summed E-state index contributed by atoms with van der Waals surface area (Å²) in [4.78, 5) is 40.0. The summed E-state index contributed by atoms with van der Waals surface area (Å²) in [5, 5.41) is 0. The SMILES string of the molecule is C=CC(C(=O)C(C)N(C)C)N1C(=O)c2ccccc2C1=O. The van der Waals surface area contributed by atoms with E-state index in [1.165, 1.54) is 6.08 Å². The van der Waals surface area contributed by atoms with E-state index in [9.17, 15) is 14.4 Å². The minimum atomic E-state index is -0.949. The Labute approximate surface area is 123 Å². The first-order chi connectivity index (χ1) is 9.90. The van der Waals surface area contributed by atoms with Crippen molar-refractivity contribution in [2.24, 2.45) is 0 Å². The lowest BCUT2D eigenvalue weighted by atomic mass is 10.0. The molecule has 2 atom stereocenters. The normalized spacial score (nSPS) is 16.9. The van der Waals surface area contributed by atoms with Crippen LogP contribution in [0.4, 0.5) is 0 Å². The fourth-order valence-corrected chi connectivity index (χ4v) is 2.31. The Kier molecular flexibility index (Phi) is 4.04. The zero-order chi connectivity index (χ0) is 15.7. The van der Waals surface area contributed by atoms with E-state index >= 15 is 0 Å². The van der Waals surface area contributed by atoms with Gasteiger partial charge in [-0.25, -0.2) is 0 Å². The van der Waals surface area contributed by atoms with Gasteiger partial charge in [0, 0.05) is 0 Å². The third kappa shape index (κ3) is 2.40. The van der Waals surface area contributed by atoms with E-state index in [1.54, 1.807) is 50.2 Å². The number of imide groups is 1. The molecule has 5 heteroatoms. The molecule has 2 amide bonds. The van der Waals surface area contributed by atoms with E-state index in [0.717, 1.165) is 4.90 Å². The van der Waals surface area contributed by atoms with Gasteiger partial charge in [0.05, 0.1) is 17.2 Å². The van der Waals surface area contributed by atoms with Crippen LogP contribution in [0.3, 0.4) is 0 Å². The largest absolute Gasteiger partial charge is 0.300 e. The van der Waals surface area contributed by atoms with Crippen molar-refractivity contribution in [1.29, 1.82) is 0 Å². The molecule has 0 bridgehead atoms. The number of likely N-dealkylation sites (N-methyl/N-ethyl adjacent to an activating group) is 1. The van der Waals surface area contributed by atoms with Crippen molar-refractivity contribution in [1.82, 2.24) is 9.80 Å². The predicted molar refractivity (Wildman–Crippen MR) is 79.1 cm³/mol. The number of carbonyl (C=O) groups is 3. The fraction of sp³-hybridized carbons (Fsp3) is 0.312. The van der Waals surface area contributed by atoms with Gasteiger partial charge in [-0.2, -0.15) is 0 Å². The summed E-state index contributed by atoms with van der Waals surface area (Å²) in [5.41, 5.74) is 0.666. The van der Waals surface area contributed by atoms with Gasteiger partial charge < -0.3 is 0 Å². The quantitative estimate of drug-likeness (QED) is 0.606. The third-order valence-corrected chi connectivity index (χ3v) is 3.80. The molecule has 110 valence electrons. The van der Waals surface area contributed by atoms with Crippen LogP contribution in [0.25, 0.3) is 0 Å². The second kappa shape index (κ2) is 5.61. The molecule has 2 rings (SSSR count). The van der Waals surface area contributed by atoms with Crippen LogP contribution in [0.1, 0.15) is 27.6 Å². The number of hydrogen-bond acceptors (Lipinski definition) is 4. The first-order valence-corrected chi connectivity index (χ1v) is 6.69. The highest BCUT2D eigenvalue weighted by Gasteiger charge is 2.42. The van der Waals surface area contributed by atoms with Crippen LogP contribution in [0.15, 0.2) is 36.9 Å². The molecule has 0 radical (unpaired) electrons. The van der Waals surface area contributed by atoms with Gasteiger partial charge in [-0.15, -0.1) is 6.58 Å². The molecule has 1 heterocycles. The fourth-order valence-electron chi connectivity index (χ4n) is 2.31. The maximum absolute atomic E-state index is 12.5. The van der Waals surface area contributed by atoms with Crippen molar-refractivity contribution < 1.29 is 14.4 Å². The monoisotopic (exact) mass is 286 g/mol. The van der Waals surface area contributed by atoms with Gasteiger partial charge in [-0.3, -0.25) is 24.2 Å². The number of hydrogen-bond donors (Lipinski definition) is 0. The highest BCUT2D eigenvalue weighted by atomic mass is 16.2. The highest BCUT2D eigenvalue weighted by Crippen LogP contribution is 2.25. The van der Waals surface area contributed by atoms with Crippen LogP contribution in [0.5, 0.6) is 0 Å². The van der Waals surface area contributed by atoms with Crippen molar-refractivity contribution in [3.05, 3.63) is 48.0 Å². The topological polar surface area (TPSA) is 57.7 Å². The predicted octanol–water partition coefficient (Wildman–Crippen LogP) is 1.36. The van der Waals surface area contributed by atoms with Crippen LogP contribution < -0.4 is 0 Å². The van der Waals surface area contributed by atoms with Gasteiger partial charge in [-0.1, -0.05) is 18.2 Å². The highest BCUT2D eigenvalue weighted by molar-refractivity contribution is 6.23.